The largest absolute Gasteiger partial charge is 0.397 e. The van der Waals surface area contributed by atoms with Crippen molar-refractivity contribution in [3.05, 3.63) is 52.5 Å². The fourth-order valence-corrected chi connectivity index (χ4v) is 2.19. The number of hydrogen-bond acceptors (Lipinski definition) is 4. The van der Waals surface area contributed by atoms with Crippen LogP contribution >= 0.6 is 23.2 Å². The highest BCUT2D eigenvalue weighted by atomic mass is 35.5. The van der Waals surface area contributed by atoms with Crippen LogP contribution < -0.4 is 5.73 Å². The van der Waals surface area contributed by atoms with E-state index >= 15 is 0 Å². The molecule has 0 aliphatic carbocycles. The van der Waals surface area contributed by atoms with Crippen LogP contribution in [0.3, 0.4) is 0 Å². The molecule has 3 aromatic rings. The summed E-state index contributed by atoms with van der Waals surface area (Å²) in [6, 6.07) is 12.9. The predicted molar refractivity (Wildman–Crippen MR) is 79.0 cm³/mol. The third kappa shape index (κ3) is 2.21. The van der Waals surface area contributed by atoms with E-state index in [2.05, 4.69) is 15.5 Å². The Kier molecular flexibility index (Phi) is 3.30. The first-order chi connectivity index (χ1) is 9.66. The molecule has 2 N–H and O–H groups in total. The molecule has 0 saturated carbocycles. The molecule has 7 heteroatoms. The molecular formula is C13H9Cl2N5. The first-order valence-corrected chi connectivity index (χ1v) is 6.51. The fraction of sp³-hybridized carbons (Fsp3) is 0. The van der Waals surface area contributed by atoms with E-state index in [9.17, 15) is 0 Å². The van der Waals surface area contributed by atoms with Crippen LogP contribution in [0.15, 0.2) is 42.5 Å². The second-order valence-corrected chi connectivity index (χ2v) is 4.90. The van der Waals surface area contributed by atoms with Crippen molar-refractivity contribution in [3.8, 4) is 17.1 Å². The number of rotatable bonds is 2. The molecule has 0 saturated heterocycles. The van der Waals surface area contributed by atoms with E-state index in [4.69, 9.17) is 28.9 Å². The van der Waals surface area contributed by atoms with Crippen LogP contribution in [0.1, 0.15) is 0 Å². The molecule has 0 amide bonds. The summed E-state index contributed by atoms with van der Waals surface area (Å²) < 4.78 is 1.61. The molecule has 20 heavy (non-hydrogen) atoms. The molecule has 5 nitrogen and oxygen atoms in total. The summed E-state index contributed by atoms with van der Waals surface area (Å²) >= 11 is 12.0. The van der Waals surface area contributed by atoms with Crippen molar-refractivity contribution in [3.63, 3.8) is 0 Å². The molecule has 1 heterocycles. The highest BCUT2D eigenvalue weighted by molar-refractivity contribution is 6.43. The van der Waals surface area contributed by atoms with Crippen LogP contribution in [0.5, 0.6) is 0 Å². The van der Waals surface area contributed by atoms with Crippen molar-refractivity contribution in [2.24, 2.45) is 0 Å². The lowest BCUT2D eigenvalue weighted by molar-refractivity contribution is 0.791. The van der Waals surface area contributed by atoms with Crippen molar-refractivity contribution < 1.29 is 0 Å². The number of nitrogen functional groups attached to an aromatic ring is 1. The molecule has 0 unspecified atom stereocenters. The molecule has 0 fully saturated rings. The number of nitrogens with zero attached hydrogens (tertiary/aromatic N) is 4. The zero-order chi connectivity index (χ0) is 14.1. The summed E-state index contributed by atoms with van der Waals surface area (Å²) in [4.78, 5) is 0. The van der Waals surface area contributed by atoms with Gasteiger partial charge in [0.1, 0.15) is 0 Å². The molecule has 100 valence electrons. The van der Waals surface area contributed by atoms with E-state index in [-0.39, 0.29) is 0 Å². The maximum atomic E-state index is 6.04. The van der Waals surface area contributed by atoms with Crippen molar-refractivity contribution in [1.29, 1.82) is 0 Å². The Hall–Kier alpha value is -2.11. The van der Waals surface area contributed by atoms with Gasteiger partial charge in [0.25, 0.3) is 0 Å². The van der Waals surface area contributed by atoms with E-state index in [1.165, 1.54) is 0 Å². The number of nitrogens with two attached hydrogens (primary N) is 1. The maximum Gasteiger partial charge on any atom is 0.187 e. The van der Waals surface area contributed by atoms with Gasteiger partial charge in [-0.25, -0.2) is 0 Å². The van der Waals surface area contributed by atoms with E-state index < -0.39 is 0 Å². The predicted octanol–water partition coefficient (Wildman–Crippen LogP) is 3.22. The minimum atomic E-state index is 0.328. The van der Waals surface area contributed by atoms with Crippen molar-refractivity contribution in [2.75, 3.05) is 5.73 Å². The van der Waals surface area contributed by atoms with E-state index in [1.807, 2.05) is 30.3 Å². The first kappa shape index (κ1) is 12.9. The molecule has 0 spiro atoms. The van der Waals surface area contributed by atoms with Crippen LogP contribution in [0.25, 0.3) is 17.1 Å². The maximum absolute atomic E-state index is 6.04. The third-order valence-corrected chi connectivity index (χ3v) is 3.60. The molecule has 0 aliphatic heterocycles. The SMILES string of the molecule is Nc1cc(-c2nnnn2-c2ccccc2)cc(Cl)c1Cl. The Morgan fingerprint density at radius 1 is 1.05 bits per heavy atom. The number of benzene rings is 2. The summed E-state index contributed by atoms with van der Waals surface area (Å²) in [5.74, 6) is 0.543. The van der Waals surface area contributed by atoms with Crippen molar-refractivity contribution >= 4 is 28.9 Å². The summed E-state index contributed by atoms with van der Waals surface area (Å²) in [6.07, 6.45) is 0. The summed E-state index contributed by atoms with van der Waals surface area (Å²) in [6.45, 7) is 0. The molecular weight excluding hydrogens is 297 g/mol. The van der Waals surface area contributed by atoms with E-state index in [0.717, 1.165) is 5.69 Å². The number of halogens is 2. The number of tetrazole rings is 1. The minimum Gasteiger partial charge on any atom is -0.397 e. The van der Waals surface area contributed by atoms with E-state index in [0.29, 0.717) is 27.1 Å². The van der Waals surface area contributed by atoms with Gasteiger partial charge in [-0.05, 0) is 34.7 Å². The molecule has 0 atom stereocenters. The average molecular weight is 306 g/mol. The molecule has 0 aliphatic rings. The Labute approximate surface area is 124 Å². The van der Waals surface area contributed by atoms with E-state index in [1.54, 1.807) is 16.8 Å². The lowest BCUT2D eigenvalue weighted by Crippen LogP contribution is -2.00. The second kappa shape index (κ2) is 5.11. The zero-order valence-corrected chi connectivity index (χ0v) is 11.7. The Morgan fingerprint density at radius 3 is 2.50 bits per heavy atom. The van der Waals surface area contributed by atoms with Gasteiger partial charge >= 0.3 is 0 Å². The van der Waals surface area contributed by atoms with Gasteiger partial charge in [-0.15, -0.1) is 5.10 Å². The quantitative estimate of drug-likeness (QED) is 0.738. The minimum absolute atomic E-state index is 0.328. The monoisotopic (exact) mass is 305 g/mol. The lowest BCUT2D eigenvalue weighted by atomic mass is 10.2. The van der Waals surface area contributed by atoms with Crippen LogP contribution in [-0.4, -0.2) is 20.2 Å². The average Bonchev–Trinajstić information content (AvgIpc) is 2.94. The van der Waals surface area contributed by atoms with Gasteiger partial charge in [0, 0.05) is 5.56 Å². The first-order valence-electron chi connectivity index (χ1n) is 5.75. The Balaban J connectivity index is 2.15. The highest BCUT2D eigenvalue weighted by Gasteiger charge is 2.13. The Bertz CT molecular complexity index is 731. The zero-order valence-electron chi connectivity index (χ0n) is 10.2. The Morgan fingerprint density at radius 2 is 1.80 bits per heavy atom. The lowest BCUT2D eigenvalue weighted by Gasteiger charge is -2.07. The van der Waals surface area contributed by atoms with Gasteiger partial charge in [-0.2, -0.15) is 4.68 Å². The summed E-state index contributed by atoms with van der Waals surface area (Å²) in [5, 5.41) is 12.4. The number of anilines is 1. The summed E-state index contributed by atoms with van der Waals surface area (Å²) in [7, 11) is 0. The molecule has 3 rings (SSSR count). The number of aromatic nitrogens is 4. The fourth-order valence-electron chi connectivity index (χ4n) is 1.85. The van der Waals surface area contributed by atoms with Crippen LogP contribution in [0.4, 0.5) is 5.69 Å². The van der Waals surface area contributed by atoms with Crippen molar-refractivity contribution in [2.45, 2.75) is 0 Å². The molecule has 2 aromatic carbocycles. The molecule has 1 aromatic heterocycles. The van der Waals surface area contributed by atoms with Gasteiger partial charge in [-0.3, -0.25) is 0 Å². The van der Waals surface area contributed by atoms with Gasteiger partial charge < -0.3 is 5.73 Å². The van der Waals surface area contributed by atoms with Gasteiger partial charge in [0.2, 0.25) is 0 Å². The van der Waals surface area contributed by atoms with Gasteiger partial charge in [-0.1, -0.05) is 41.4 Å². The topological polar surface area (TPSA) is 69.6 Å². The highest BCUT2D eigenvalue weighted by Crippen LogP contribution is 2.33. The van der Waals surface area contributed by atoms with Gasteiger partial charge in [0.05, 0.1) is 21.4 Å². The number of hydrogen-bond donors (Lipinski definition) is 1. The number of para-hydroxylation sites is 1. The third-order valence-electron chi connectivity index (χ3n) is 2.78. The van der Waals surface area contributed by atoms with Crippen LogP contribution in [0, 0.1) is 0 Å². The molecule has 0 bridgehead atoms. The molecule has 0 radical (unpaired) electrons. The smallest absolute Gasteiger partial charge is 0.187 e. The second-order valence-electron chi connectivity index (χ2n) is 4.11. The van der Waals surface area contributed by atoms with Crippen LogP contribution in [0.2, 0.25) is 10.0 Å². The normalized spacial score (nSPS) is 10.7. The van der Waals surface area contributed by atoms with Crippen molar-refractivity contribution in [1.82, 2.24) is 20.2 Å². The van der Waals surface area contributed by atoms with Gasteiger partial charge in [0.15, 0.2) is 5.82 Å². The standard InChI is InChI=1S/C13H9Cl2N5/c14-10-6-8(7-11(16)12(10)15)13-17-18-19-20(13)9-4-2-1-3-5-9/h1-7H,16H2. The van der Waals surface area contributed by atoms with Crippen LogP contribution in [-0.2, 0) is 0 Å². The summed E-state index contributed by atoms with van der Waals surface area (Å²) in [5.41, 5.74) is 7.75.